The molecule has 79 heavy (non-hydrogen) atoms. The summed E-state index contributed by atoms with van der Waals surface area (Å²) in [6.07, 6.45) is 86.8. The molecule has 0 unspecified atom stereocenters. The van der Waals surface area contributed by atoms with Gasteiger partial charge in [0.05, 0.1) is 0 Å². The zero-order valence-electron chi connectivity index (χ0n) is 52.9. The smallest absolute Gasteiger partial charge is 0.306 e. The first-order chi connectivity index (χ1) is 39.0. The zero-order valence-corrected chi connectivity index (χ0v) is 52.9. The Bertz CT molecular complexity index is 1350. The standard InChI is InChI=1S/C73H132O6/c1-4-7-10-13-16-19-22-25-28-31-34-36-39-41-44-47-50-53-56-59-62-65-71(74)77-68-70(79-73(76)67-64-61-58-55-52-49-46-43-38-33-30-27-24-21-18-15-12-9-6-3)69-78-72(75)66-63-60-57-54-51-48-45-42-40-37-35-32-29-26-23-20-17-14-11-8-5-2/h18,21,27,30,38,43,49,52,58,61,70H,4-17,19-20,22-26,28-29,31-37,39-42,44-48,50-51,53-57,59-60,62-69H2,1-3H3/b21-18-,30-27-,43-38-,52-49-,61-58-. The van der Waals surface area contributed by atoms with Crippen LogP contribution < -0.4 is 0 Å². The lowest BCUT2D eigenvalue weighted by molar-refractivity contribution is -0.166. The molecule has 0 bridgehead atoms. The van der Waals surface area contributed by atoms with Crippen molar-refractivity contribution in [3.8, 4) is 0 Å². The van der Waals surface area contributed by atoms with Crippen molar-refractivity contribution in [3.63, 3.8) is 0 Å². The van der Waals surface area contributed by atoms with Crippen LogP contribution in [-0.2, 0) is 28.6 Å². The van der Waals surface area contributed by atoms with Crippen LogP contribution in [0, 0.1) is 0 Å². The molecule has 0 aromatic carbocycles. The van der Waals surface area contributed by atoms with Gasteiger partial charge < -0.3 is 14.2 Å². The van der Waals surface area contributed by atoms with Gasteiger partial charge in [-0.2, -0.15) is 0 Å². The van der Waals surface area contributed by atoms with E-state index in [1.165, 1.54) is 257 Å². The van der Waals surface area contributed by atoms with Crippen molar-refractivity contribution in [1.82, 2.24) is 0 Å². The van der Waals surface area contributed by atoms with E-state index in [0.717, 1.165) is 64.2 Å². The van der Waals surface area contributed by atoms with Crippen LogP contribution in [-0.4, -0.2) is 37.2 Å². The Labute approximate surface area is 491 Å². The molecule has 0 rings (SSSR count). The van der Waals surface area contributed by atoms with Crippen LogP contribution in [0.25, 0.3) is 0 Å². The van der Waals surface area contributed by atoms with Gasteiger partial charge in [0, 0.05) is 19.3 Å². The van der Waals surface area contributed by atoms with Gasteiger partial charge in [0.15, 0.2) is 6.10 Å². The molecule has 0 N–H and O–H groups in total. The van der Waals surface area contributed by atoms with E-state index < -0.39 is 6.10 Å². The number of esters is 3. The molecule has 0 aliphatic rings. The summed E-state index contributed by atoms with van der Waals surface area (Å²) >= 11 is 0. The Morgan fingerprint density at radius 3 is 0.759 bits per heavy atom. The Balaban J connectivity index is 4.40. The van der Waals surface area contributed by atoms with Gasteiger partial charge in [-0.15, -0.1) is 0 Å². The summed E-state index contributed by atoms with van der Waals surface area (Å²) in [5, 5.41) is 0. The van der Waals surface area contributed by atoms with Gasteiger partial charge in [-0.05, 0) is 57.8 Å². The van der Waals surface area contributed by atoms with Crippen molar-refractivity contribution >= 4 is 17.9 Å². The molecule has 0 aromatic rings. The van der Waals surface area contributed by atoms with Crippen LogP contribution in [0.3, 0.4) is 0 Å². The van der Waals surface area contributed by atoms with Gasteiger partial charge in [0.2, 0.25) is 0 Å². The summed E-state index contributed by atoms with van der Waals surface area (Å²) in [7, 11) is 0. The minimum Gasteiger partial charge on any atom is -0.462 e. The van der Waals surface area contributed by atoms with Crippen molar-refractivity contribution in [1.29, 1.82) is 0 Å². The third kappa shape index (κ3) is 65.8. The van der Waals surface area contributed by atoms with Gasteiger partial charge in [0.25, 0.3) is 0 Å². The molecule has 0 amide bonds. The van der Waals surface area contributed by atoms with E-state index in [1.54, 1.807) is 0 Å². The normalized spacial score (nSPS) is 12.1. The number of carbonyl (C=O) groups excluding carboxylic acids is 3. The first-order valence-electron chi connectivity index (χ1n) is 34.8. The predicted octanol–water partition coefficient (Wildman–Crippen LogP) is 23.9. The number of hydrogen-bond donors (Lipinski definition) is 0. The lowest BCUT2D eigenvalue weighted by Crippen LogP contribution is -2.30. The third-order valence-electron chi connectivity index (χ3n) is 15.5. The van der Waals surface area contributed by atoms with Crippen LogP contribution in [0.15, 0.2) is 60.8 Å². The Morgan fingerprint density at radius 2 is 0.481 bits per heavy atom. The first kappa shape index (κ1) is 76.1. The van der Waals surface area contributed by atoms with E-state index in [-0.39, 0.29) is 37.5 Å². The van der Waals surface area contributed by atoms with Gasteiger partial charge in [-0.25, -0.2) is 0 Å². The molecule has 6 nitrogen and oxygen atoms in total. The first-order valence-corrected chi connectivity index (χ1v) is 34.8. The minimum atomic E-state index is -0.813. The van der Waals surface area contributed by atoms with E-state index in [4.69, 9.17) is 14.2 Å². The summed E-state index contributed by atoms with van der Waals surface area (Å²) in [4.78, 5) is 38.4. The molecule has 0 aliphatic carbocycles. The Morgan fingerprint density at radius 1 is 0.253 bits per heavy atom. The summed E-state index contributed by atoms with van der Waals surface area (Å²) in [5.74, 6) is -0.956. The van der Waals surface area contributed by atoms with E-state index in [2.05, 4.69) is 75.5 Å². The highest BCUT2D eigenvalue weighted by Crippen LogP contribution is 2.18. The van der Waals surface area contributed by atoms with Crippen LogP contribution in [0.5, 0.6) is 0 Å². The summed E-state index contributed by atoms with van der Waals surface area (Å²) in [6.45, 7) is 6.62. The number of hydrogen-bond acceptors (Lipinski definition) is 6. The van der Waals surface area contributed by atoms with Gasteiger partial charge in [-0.3, -0.25) is 14.4 Å². The van der Waals surface area contributed by atoms with Gasteiger partial charge >= 0.3 is 17.9 Å². The topological polar surface area (TPSA) is 78.9 Å². The summed E-state index contributed by atoms with van der Waals surface area (Å²) in [6, 6.07) is 0. The highest BCUT2D eigenvalue weighted by molar-refractivity contribution is 5.71. The molecule has 6 heteroatoms. The maximum Gasteiger partial charge on any atom is 0.306 e. The highest BCUT2D eigenvalue weighted by atomic mass is 16.6. The zero-order chi connectivity index (χ0) is 57.1. The Kier molecular flexibility index (Phi) is 65.1. The minimum absolute atomic E-state index is 0.0988. The largest absolute Gasteiger partial charge is 0.462 e. The van der Waals surface area contributed by atoms with Crippen LogP contribution in [0.4, 0.5) is 0 Å². The lowest BCUT2D eigenvalue weighted by Gasteiger charge is -2.18. The molecule has 0 saturated heterocycles. The SMILES string of the molecule is CCCCC/C=C\C/C=C\C/C=C\C/C=C\C/C=C\CCC(=O)OC(COC(=O)CCCCCCCCCCCCCCCCCCCCCCC)COC(=O)CCCCCCCCCCCCCCCCCCCCCCC. The second kappa shape index (κ2) is 67.6. The average Bonchev–Trinajstić information content (AvgIpc) is 3.45. The van der Waals surface area contributed by atoms with E-state index >= 15 is 0 Å². The predicted molar refractivity (Wildman–Crippen MR) is 344 cm³/mol. The number of ether oxygens (including phenoxy) is 3. The molecule has 0 spiro atoms. The van der Waals surface area contributed by atoms with Crippen LogP contribution in [0.2, 0.25) is 0 Å². The fraction of sp³-hybridized carbons (Fsp3) is 0.822. The number of rotatable bonds is 64. The average molecular weight is 1110 g/mol. The van der Waals surface area contributed by atoms with Crippen molar-refractivity contribution in [2.75, 3.05) is 13.2 Å². The molecule has 0 saturated carbocycles. The lowest BCUT2D eigenvalue weighted by atomic mass is 10.0. The Hall–Kier alpha value is -2.89. The van der Waals surface area contributed by atoms with E-state index in [9.17, 15) is 14.4 Å². The number of unbranched alkanes of at least 4 members (excludes halogenated alkanes) is 43. The molecule has 0 atom stereocenters. The maximum atomic E-state index is 12.9. The van der Waals surface area contributed by atoms with Gasteiger partial charge in [-0.1, -0.05) is 351 Å². The van der Waals surface area contributed by atoms with Gasteiger partial charge in [0.1, 0.15) is 13.2 Å². The second-order valence-electron chi connectivity index (χ2n) is 23.5. The van der Waals surface area contributed by atoms with Crippen molar-refractivity contribution in [2.24, 2.45) is 0 Å². The van der Waals surface area contributed by atoms with Crippen molar-refractivity contribution in [3.05, 3.63) is 60.8 Å². The second-order valence-corrected chi connectivity index (χ2v) is 23.5. The highest BCUT2D eigenvalue weighted by Gasteiger charge is 2.19. The van der Waals surface area contributed by atoms with Crippen molar-refractivity contribution < 1.29 is 28.6 Å². The number of carbonyl (C=O) groups is 3. The summed E-state index contributed by atoms with van der Waals surface area (Å²) in [5.41, 5.74) is 0. The fourth-order valence-electron chi connectivity index (χ4n) is 10.3. The fourth-order valence-corrected chi connectivity index (χ4v) is 10.3. The monoisotopic (exact) mass is 1110 g/mol. The van der Waals surface area contributed by atoms with Crippen LogP contribution >= 0.6 is 0 Å². The maximum absolute atomic E-state index is 12.9. The molecular formula is C73H132O6. The summed E-state index contributed by atoms with van der Waals surface area (Å²) < 4.78 is 16.9. The van der Waals surface area contributed by atoms with E-state index in [0.29, 0.717) is 19.3 Å². The quantitative estimate of drug-likeness (QED) is 0.0261. The molecule has 0 heterocycles. The van der Waals surface area contributed by atoms with Crippen LogP contribution in [0.1, 0.15) is 367 Å². The molecule has 0 aliphatic heterocycles. The third-order valence-corrected chi connectivity index (χ3v) is 15.5. The van der Waals surface area contributed by atoms with E-state index in [1.807, 2.05) is 6.08 Å². The molecular weight excluding hydrogens is 973 g/mol. The molecule has 0 radical (unpaired) electrons. The molecule has 0 aromatic heterocycles. The molecule has 460 valence electrons. The molecule has 0 fully saturated rings. The van der Waals surface area contributed by atoms with Crippen molar-refractivity contribution in [2.45, 2.75) is 374 Å². The number of allylic oxidation sites excluding steroid dienone is 10.